The van der Waals surface area contributed by atoms with Crippen molar-refractivity contribution < 1.29 is 0 Å². The van der Waals surface area contributed by atoms with Crippen molar-refractivity contribution in [2.75, 3.05) is 11.9 Å². The molecule has 0 amide bonds. The topological polar surface area (TPSA) is 37.8 Å². The summed E-state index contributed by atoms with van der Waals surface area (Å²) in [6.07, 6.45) is 2.71. The quantitative estimate of drug-likeness (QED) is 0.782. The molecular weight excluding hydrogens is 198 g/mol. The second-order valence-electron chi connectivity index (χ2n) is 3.33. The van der Waals surface area contributed by atoms with Crippen LogP contribution >= 0.6 is 11.6 Å². The van der Waals surface area contributed by atoms with E-state index in [4.69, 9.17) is 11.6 Å². The molecule has 1 aromatic heterocycles. The lowest BCUT2D eigenvalue weighted by Gasteiger charge is -2.10. The number of rotatable bonds is 4. The fourth-order valence-electron chi connectivity index (χ4n) is 1.06. The van der Waals surface area contributed by atoms with Crippen LogP contribution in [0, 0.1) is 13.8 Å². The number of aryl methyl sites for hydroxylation is 2. The van der Waals surface area contributed by atoms with Crippen molar-refractivity contribution in [2.45, 2.75) is 32.6 Å². The van der Waals surface area contributed by atoms with E-state index in [2.05, 4.69) is 22.2 Å². The highest BCUT2D eigenvalue weighted by molar-refractivity contribution is 6.20. The molecule has 0 saturated heterocycles. The lowest BCUT2D eigenvalue weighted by Crippen LogP contribution is -2.15. The van der Waals surface area contributed by atoms with Crippen LogP contribution in [-0.4, -0.2) is 21.9 Å². The zero-order valence-corrected chi connectivity index (χ0v) is 9.60. The molecule has 0 aliphatic rings. The Balaban J connectivity index is 2.62. The lowest BCUT2D eigenvalue weighted by atomic mass is 10.3. The van der Waals surface area contributed by atoms with Gasteiger partial charge in [0.1, 0.15) is 5.82 Å². The summed E-state index contributed by atoms with van der Waals surface area (Å²) in [5.74, 6) is 0.837. The van der Waals surface area contributed by atoms with Gasteiger partial charge in [0.15, 0.2) is 0 Å². The number of hydrogen-bond acceptors (Lipinski definition) is 3. The molecule has 0 spiro atoms. The largest absolute Gasteiger partial charge is 0.367 e. The monoisotopic (exact) mass is 213 g/mol. The summed E-state index contributed by atoms with van der Waals surface area (Å²) in [7, 11) is 0. The minimum Gasteiger partial charge on any atom is -0.367 e. The Kier molecular flexibility index (Phi) is 4.14. The molecule has 0 aliphatic heterocycles. The molecule has 0 aliphatic carbocycles. The number of nitrogens with one attached hydrogen (secondary N) is 1. The molecule has 4 heteroatoms. The van der Waals surface area contributed by atoms with E-state index in [0.29, 0.717) is 0 Å². The first-order chi connectivity index (χ1) is 6.63. The van der Waals surface area contributed by atoms with Crippen LogP contribution in [0.15, 0.2) is 6.20 Å². The Morgan fingerprint density at radius 2 is 2.21 bits per heavy atom. The van der Waals surface area contributed by atoms with Crippen LogP contribution in [0.5, 0.6) is 0 Å². The SMILES string of the molecule is CCC(Cl)CNc1nc(C)cnc1C. The van der Waals surface area contributed by atoms with Crippen molar-refractivity contribution in [1.82, 2.24) is 9.97 Å². The number of halogens is 1. The molecule has 0 fully saturated rings. The third-order valence-electron chi connectivity index (χ3n) is 2.01. The fourth-order valence-corrected chi connectivity index (χ4v) is 1.13. The summed E-state index contributed by atoms with van der Waals surface area (Å²) in [5, 5.41) is 3.35. The molecule has 0 radical (unpaired) electrons. The number of hydrogen-bond donors (Lipinski definition) is 1. The van der Waals surface area contributed by atoms with E-state index in [0.717, 1.165) is 30.2 Å². The third-order valence-corrected chi connectivity index (χ3v) is 2.47. The average Bonchev–Trinajstić information content (AvgIpc) is 2.19. The van der Waals surface area contributed by atoms with E-state index in [-0.39, 0.29) is 5.38 Å². The maximum Gasteiger partial charge on any atom is 0.147 e. The van der Waals surface area contributed by atoms with Crippen LogP contribution in [0.4, 0.5) is 5.82 Å². The molecule has 1 aromatic rings. The normalized spacial score (nSPS) is 12.6. The van der Waals surface area contributed by atoms with Gasteiger partial charge in [-0.15, -0.1) is 11.6 Å². The first kappa shape index (κ1) is 11.2. The van der Waals surface area contributed by atoms with E-state index in [9.17, 15) is 0 Å². The summed E-state index contributed by atoms with van der Waals surface area (Å²) in [4.78, 5) is 8.56. The highest BCUT2D eigenvalue weighted by Crippen LogP contribution is 2.10. The van der Waals surface area contributed by atoms with Crippen LogP contribution in [0.1, 0.15) is 24.7 Å². The summed E-state index contributed by atoms with van der Waals surface area (Å²) in [6, 6.07) is 0. The number of nitrogens with zero attached hydrogens (tertiary/aromatic N) is 2. The number of alkyl halides is 1. The zero-order valence-electron chi connectivity index (χ0n) is 8.84. The summed E-state index contributed by atoms with van der Waals surface area (Å²) in [6.45, 7) is 6.66. The molecule has 1 heterocycles. The smallest absolute Gasteiger partial charge is 0.147 e. The number of aromatic nitrogens is 2. The first-order valence-corrected chi connectivity index (χ1v) is 5.25. The molecule has 3 nitrogen and oxygen atoms in total. The minimum absolute atomic E-state index is 0.150. The van der Waals surface area contributed by atoms with Gasteiger partial charge in [-0.05, 0) is 20.3 Å². The van der Waals surface area contributed by atoms with Crippen LogP contribution in [0.2, 0.25) is 0 Å². The highest BCUT2D eigenvalue weighted by Gasteiger charge is 2.04. The van der Waals surface area contributed by atoms with E-state index in [1.54, 1.807) is 6.20 Å². The minimum atomic E-state index is 0.150. The van der Waals surface area contributed by atoms with Crippen LogP contribution in [0.25, 0.3) is 0 Å². The Morgan fingerprint density at radius 1 is 1.50 bits per heavy atom. The molecular formula is C10H16ClN3. The van der Waals surface area contributed by atoms with Gasteiger partial charge < -0.3 is 5.32 Å². The zero-order chi connectivity index (χ0) is 10.6. The molecule has 1 N–H and O–H groups in total. The van der Waals surface area contributed by atoms with Crippen molar-refractivity contribution >= 4 is 17.4 Å². The van der Waals surface area contributed by atoms with Gasteiger partial charge in [0.05, 0.1) is 16.8 Å². The van der Waals surface area contributed by atoms with Crippen LogP contribution in [0.3, 0.4) is 0 Å². The van der Waals surface area contributed by atoms with Crippen molar-refractivity contribution in [1.29, 1.82) is 0 Å². The Morgan fingerprint density at radius 3 is 2.86 bits per heavy atom. The summed E-state index contributed by atoms with van der Waals surface area (Å²) in [5.41, 5.74) is 1.83. The molecule has 0 saturated carbocycles. The second kappa shape index (κ2) is 5.15. The van der Waals surface area contributed by atoms with Gasteiger partial charge in [-0.1, -0.05) is 6.92 Å². The van der Waals surface area contributed by atoms with Gasteiger partial charge in [-0.2, -0.15) is 0 Å². The molecule has 14 heavy (non-hydrogen) atoms. The average molecular weight is 214 g/mol. The van der Waals surface area contributed by atoms with Gasteiger partial charge in [0, 0.05) is 12.7 Å². The van der Waals surface area contributed by atoms with Gasteiger partial charge >= 0.3 is 0 Å². The van der Waals surface area contributed by atoms with E-state index < -0.39 is 0 Å². The standard InChI is InChI=1S/C10H16ClN3/c1-4-9(11)6-13-10-8(3)12-5-7(2)14-10/h5,9H,4,6H2,1-3H3,(H,13,14). The molecule has 78 valence electrons. The van der Waals surface area contributed by atoms with Gasteiger partial charge in [0.2, 0.25) is 0 Å². The third kappa shape index (κ3) is 3.14. The molecule has 1 atom stereocenters. The van der Waals surface area contributed by atoms with E-state index in [1.807, 2.05) is 13.8 Å². The first-order valence-electron chi connectivity index (χ1n) is 4.81. The molecule has 0 bridgehead atoms. The summed E-state index contributed by atoms with van der Waals surface area (Å²) < 4.78 is 0. The van der Waals surface area contributed by atoms with Crippen LogP contribution in [-0.2, 0) is 0 Å². The molecule has 0 aromatic carbocycles. The van der Waals surface area contributed by atoms with Gasteiger partial charge in [-0.3, -0.25) is 4.98 Å². The van der Waals surface area contributed by atoms with Crippen molar-refractivity contribution in [3.05, 3.63) is 17.6 Å². The van der Waals surface area contributed by atoms with Crippen molar-refractivity contribution in [2.24, 2.45) is 0 Å². The maximum absolute atomic E-state index is 6.00. The van der Waals surface area contributed by atoms with Crippen LogP contribution < -0.4 is 5.32 Å². The predicted octanol–water partition coefficient (Wildman–Crippen LogP) is 2.52. The van der Waals surface area contributed by atoms with Gasteiger partial charge in [0.25, 0.3) is 0 Å². The predicted molar refractivity (Wildman–Crippen MR) is 59.9 cm³/mol. The molecule has 1 rings (SSSR count). The maximum atomic E-state index is 6.00. The summed E-state index contributed by atoms with van der Waals surface area (Å²) >= 11 is 6.00. The van der Waals surface area contributed by atoms with Gasteiger partial charge in [-0.25, -0.2) is 4.98 Å². The van der Waals surface area contributed by atoms with Crippen molar-refractivity contribution in [3.63, 3.8) is 0 Å². The Hall–Kier alpha value is -0.830. The number of anilines is 1. The van der Waals surface area contributed by atoms with E-state index in [1.165, 1.54) is 0 Å². The Bertz CT molecular complexity index is 301. The highest BCUT2D eigenvalue weighted by atomic mass is 35.5. The fraction of sp³-hybridized carbons (Fsp3) is 0.600. The second-order valence-corrected chi connectivity index (χ2v) is 3.95. The van der Waals surface area contributed by atoms with E-state index >= 15 is 0 Å². The van der Waals surface area contributed by atoms with Crippen molar-refractivity contribution in [3.8, 4) is 0 Å². The Labute approximate surface area is 89.9 Å². The lowest BCUT2D eigenvalue weighted by molar-refractivity contribution is 0.836. The molecule has 1 unspecified atom stereocenters.